The third-order valence-electron chi connectivity index (χ3n) is 11.8. The Hall–Kier alpha value is -4.83. The van der Waals surface area contributed by atoms with Crippen LogP contribution in [0.5, 0.6) is 11.5 Å². The van der Waals surface area contributed by atoms with Gasteiger partial charge >= 0.3 is 5.97 Å². The van der Waals surface area contributed by atoms with Crippen LogP contribution in [-0.4, -0.2) is 88.9 Å². The first-order chi connectivity index (χ1) is 31.3. The summed E-state index contributed by atoms with van der Waals surface area (Å²) in [5, 5.41) is 30.1. The molecular weight excluding hydrogens is 961 g/mol. The van der Waals surface area contributed by atoms with Crippen LogP contribution in [-0.2, 0) is 35.9 Å². The molecule has 4 heterocycles. The molecule has 2 amide bonds. The van der Waals surface area contributed by atoms with Crippen LogP contribution in [0.2, 0.25) is 30.1 Å². The van der Waals surface area contributed by atoms with Gasteiger partial charge < -0.3 is 24.4 Å². The van der Waals surface area contributed by atoms with Crippen molar-refractivity contribution >= 4 is 98.2 Å². The molecule has 20 heteroatoms. The van der Waals surface area contributed by atoms with Crippen molar-refractivity contribution in [3.63, 3.8) is 0 Å². The second-order valence-electron chi connectivity index (χ2n) is 16.1. The number of ether oxygens (including phenoxy) is 2. The summed E-state index contributed by atoms with van der Waals surface area (Å²) < 4.78 is 15.3. The number of halogens is 6. The van der Waals surface area contributed by atoms with E-state index in [0.717, 1.165) is 36.8 Å². The lowest BCUT2D eigenvalue weighted by Gasteiger charge is -2.32. The largest absolute Gasteiger partial charge is 0.486 e. The van der Waals surface area contributed by atoms with E-state index in [1.54, 1.807) is 40.0 Å². The Balaban J connectivity index is 0.845. The summed E-state index contributed by atoms with van der Waals surface area (Å²) in [5.41, 5.74) is 2.94. The Morgan fingerprint density at radius 3 is 1.60 bits per heavy atom. The van der Waals surface area contributed by atoms with Gasteiger partial charge in [0.15, 0.2) is 5.75 Å². The Morgan fingerprint density at radius 1 is 0.631 bits per heavy atom. The number of carbonyl (C=O) groups excluding carboxylic acids is 2. The van der Waals surface area contributed by atoms with Crippen molar-refractivity contribution in [2.24, 2.45) is 0 Å². The highest BCUT2D eigenvalue weighted by atomic mass is 35.5. The first kappa shape index (κ1) is 46.7. The molecule has 65 heavy (non-hydrogen) atoms. The standard InChI is InChI=1S/C45H42Cl6N8O6/c46-31-17-30-18-34(45(62)63)44(65-25-33-23-59(55-53-33)16-10-41(61)57-13-7-27(8-14-57)29-2-4-36(48)38(50)20-29)43(51)42(30)39(21-31)64-24-32-22-58(54-52-32)15-9-40(60)56-11-5-26(6-12-56)28-1-3-35(47)37(49)19-28/h1-4,17-23,26-27H,5-16,24-25H2,(H,62,63). The van der Waals surface area contributed by atoms with Crippen LogP contribution < -0.4 is 9.47 Å². The molecule has 0 unspecified atom stereocenters. The van der Waals surface area contributed by atoms with E-state index in [-0.39, 0.29) is 60.0 Å². The lowest BCUT2D eigenvalue weighted by Crippen LogP contribution is -2.38. The van der Waals surface area contributed by atoms with Crippen molar-refractivity contribution in [2.75, 3.05) is 26.2 Å². The summed E-state index contributed by atoms with van der Waals surface area (Å²) >= 11 is 38.0. The summed E-state index contributed by atoms with van der Waals surface area (Å²) in [6.45, 7) is 3.00. The highest BCUT2D eigenvalue weighted by Crippen LogP contribution is 2.43. The predicted molar refractivity (Wildman–Crippen MR) is 249 cm³/mol. The molecule has 2 aliphatic heterocycles. The van der Waals surface area contributed by atoms with Crippen LogP contribution in [0, 0.1) is 0 Å². The lowest BCUT2D eigenvalue weighted by molar-refractivity contribution is -0.133. The number of carboxylic acids is 1. The minimum atomic E-state index is -1.27. The predicted octanol–water partition coefficient (Wildman–Crippen LogP) is 10.4. The van der Waals surface area contributed by atoms with Gasteiger partial charge in [0.05, 0.1) is 50.6 Å². The van der Waals surface area contributed by atoms with E-state index < -0.39 is 5.97 Å². The number of likely N-dealkylation sites (tertiary alicyclic amines) is 2. The number of carboxylic acid groups (broad SMARTS) is 1. The topological polar surface area (TPSA) is 158 Å². The third-order valence-corrected chi connectivity index (χ3v) is 13.9. The van der Waals surface area contributed by atoms with Crippen molar-refractivity contribution in [1.29, 1.82) is 0 Å². The number of aryl methyl sites for hydroxylation is 2. The van der Waals surface area contributed by atoms with Crippen LogP contribution in [0.15, 0.2) is 67.0 Å². The number of rotatable bonds is 15. The van der Waals surface area contributed by atoms with Gasteiger partial charge in [-0.25, -0.2) is 4.79 Å². The van der Waals surface area contributed by atoms with Gasteiger partial charge in [0.1, 0.15) is 35.9 Å². The number of nitrogens with zero attached hydrogens (tertiary/aromatic N) is 8. The minimum absolute atomic E-state index is 0.00403. The number of amides is 2. The molecule has 340 valence electrons. The second kappa shape index (κ2) is 20.8. The maximum absolute atomic E-state index is 13.1. The van der Waals surface area contributed by atoms with Crippen LogP contribution >= 0.6 is 69.6 Å². The molecule has 8 rings (SSSR count). The maximum Gasteiger partial charge on any atom is 0.339 e. The number of piperidine rings is 2. The molecule has 14 nitrogen and oxygen atoms in total. The molecule has 0 atom stereocenters. The molecule has 6 aromatic rings. The molecule has 0 saturated carbocycles. The van der Waals surface area contributed by atoms with Gasteiger partial charge in [-0.15, -0.1) is 10.2 Å². The molecule has 2 aromatic heterocycles. The lowest BCUT2D eigenvalue weighted by atomic mass is 9.89. The number of aromatic nitrogens is 6. The fraction of sp³-hybridized carbons (Fsp3) is 0.356. The zero-order chi connectivity index (χ0) is 45.8. The minimum Gasteiger partial charge on any atom is -0.486 e. The molecule has 0 bridgehead atoms. The molecule has 2 saturated heterocycles. The summed E-state index contributed by atoms with van der Waals surface area (Å²) in [6.07, 6.45) is 7.13. The van der Waals surface area contributed by atoms with E-state index in [4.69, 9.17) is 79.1 Å². The molecule has 2 fully saturated rings. The number of carbonyl (C=O) groups is 3. The molecule has 2 aliphatic rings. The monoisotopic (exact) mass is 1000 g/mol. The SMILES string of the molecule is O=C(O)c1cc2cc(Cl)cc(OCc3cn(CCC(=O)N4CCC(c5ccc(Cl)c(Cl)c5)CC4)nn3)c2c(Cl)c1OCc1cn(CCC(=O)N2CCC(c3ccc(Cl)c(Cl)c3)CC2)nn1. The number of hydrogen-bond acceptors (Lipinski definition) is 9. The summed E-state index contributed by atoms with van der Waals surface area (Å²) in [5.74, 6) is -0.438. The van der Waals surface area contributed by atoms with Gasteiger partial charge in [-0.1, -0.05) is 92.2 Å². The number of hydrogen-bond donors (Lipinski definition) is 1. The highest BCUT2D eigenvalue weighted by molar-refractivity contribution is 6.42. The summed E-state index contributed by atoms with van der Waals surface area (Å²) in [7, 11) is 0. The average molecular weight is 1000 g/mol. The number of benzene rings is 4. The molecule has 0 aliphatic carbocycles. The van der Waals surface area contributed by atoms with Gasteiger partial charge in [0, 0.05) is 49.4 Å². The zero-order valence-corrected chi connectivity index (χ0v) is 39.3. The van der Waals surface area contributed by atoms with Crippen LogP contribution in [0.4, 0.5) is 0 Å². The molecule has 0 spiro atoms. The van der Waals surface area contributed by atoms with Crippen molar-refractivity contribution in [2.45, 2.75) is 76.7 Å². The summed E-state index contributed by atoms with van der Waals surface area (Å²) in [4.78, 5) is 42.4. The Bertz CT molecular complexity index is 2730. The highest BCUT2D eigenvalue weighted by Gasteiger charge is 2.27. The van der Waals surface area contributed by atoms with Crippen molar-refractivity contribution in [1.82, 2.24) is 39.8 Å². The first-order valence-electron chi connectivity index (χ1n) is 21.0. The Morgan fingerprint density at radius 2 is 1.12 bits per heavy atom. The molecule has 0 radical (unpaired) electrons. The Kier molecular flexibility index (Phi) is 14.9. The average Bonchev–Trinajstić information content (AvgIpc) is 3.97. The fourth-order valence-electron chi connectivity index (χ4n) is 8.34. The van der Waals surface area contributed by atoms with Gasteiger partial charge in [-0.05, 0) is 96.5 Å². The van der Waals surface area contributed by atoms with Gasteiger partial charge in [-0.3, -0.25) is 19.0 Å². The van der Waals surface area contributed by atoms with Crippen LogP contribution in [0.1, 0.15) is 83.2 Å². The van der Waals surface area contributed by atoms with E-state index in [9.17, 15) is 19.5 Å². The maximum atomic E-state index is 13.1. The molecular formula is C45H42Cl6N8O6. The smallest absolute Gasteiger partial charge is 0.339 e. The van der Waals surface area contributed by atoms with Crippen molar-refractivity contribution in [3.05, 3.63) is 125 Å². The van der Waals surface area contributed by atoms with Gasteiger partial charge in [-0.2, -0.15) is 0 Å². The molecule has 1 N–H and O–H groups in total. The van der Waals surface area contributed by atoms with Crippen molar-refractivity contribution < 1.29 is 29.0 Å². The van der Waals surface area contributed by atoms with E-state index >= 15 is 0 Å². The van der Waals surface area contributed by atoms with E-state index in [1.807, 2.05) is 40.1 Å². The van der Waals surface area contributed by atoms with E-state index in [0.29, 0.717) is 98.4 Å². The Labute approximate surface area is 404 Å². The van der Waals surface area contributed by atoms with Crippen LogP contribution in [0.25, 0.3) is 10.8 Å². The van der Waals surface area contributed by atoms with Crippen LogP contribution in [0.3, 0.4) is 0 Å². The quantitative estimate of drug-likeness (QED) is 0.105. The van der Waals surface area contributed by atoms with Gasteiger partial charge in [0.25, 0.3) is 0 Å². The number of aromatic carboxylic acids is 1. The summed E-state index contributed by atoms with van der Waals surface area (Å²) in [6, 6.07) is 16.0. The number of fused-ring (bicyclic) bond motifs is 1. The van der Waals surface area contributed by atoms with Crippen molar-refractivity contribution in [3.8, 4) is 11.5 Å². The zero-order valence-electron chi connectivity index (χ0n) is 34.7. The van der Waals surface area contributed by atoms with E-state index in [1.165, 1.54) is 6.07 Å². The molecule has 4 aromatic carbocycles. The fourth-order valence-corrected chi connectivity index (χ4v) is 9.53. The third kappa shape index (κ3) is 11.2. The second-order valence-corrected chi connectivity index (χ2v) is 18.5. The normalized spacial score (nSPS) is 14.9. The van der Waals surface area contributed by atoms with Gasteiger partial charge in [0.2, 0.25) is 11.8 Å². The van der Waals surface area contributed by atoms with E-state index in [2.05, 4.69) is 20.6 Å². The first-order valence-corrected chi connectivity index (χ1v) is 23.2.